The predicted molar refractivity (Wildman–Crippen MR) is 126 cm³/mol. The number of ether oxygens (including phenoxy) is 1. The minimum atomic E-state index is -0.133. The molecular formula is C24H25BrN4O2. The summed E-state index contributed by atoms with van der Waals surface area (Å²) in [7, 11) is 0. The van der Waals surface area contributed by atoms with Crippen molar-refractivity contribution in [1.29, 1.82) is 0 Å². The zero-order chi connectivity index (χ0) is 21.8. The number of aromatic nitrogens is 2. The number of halogens is 1. The first-order valence-corrected chi connectivity index (χ1v) is 11.2. The second-order valence-corrected chi connectivity index (χ2v) is 8.65. The van der Waals surface area contributed by atoms with Gasteiger partial charge in [0.2, 0.25) is 5.91 Å². The van der Waals surface area contributed by atoms with Gasteiger partial charge in [0.25, 0.3) is 5.88 Å². The van der Waals surface area contributed by atoms with Crippen molar-refractivity contribution in [3.8, 4) is 11.6 Å². The molecule has 2 heterocycles. The summed E-state index contributed by atoms with van der Waals surface area (Å²) >= 11 is 3.50. The highest BCUT2D eigenvalue weighted by atomic mass is 79.9. The largest absolute Gasteiger partial charge is 0.436 e. The van der Waals surface area contributed by atoms with Gasteiger partial charge in [0.1, 0.15) is 5.75 Å². The molecule has 2 aromatic carbocycles. The number of carbonyl (C=O) groups excluding carboxylic acids is 1. The molecule has 160 valence electrons. The van der Waals surface area contributed by atoms with Gasteiger partial charge in [-0.3, -0.25) is 4.79 Å². The molecule has 0 aliphatic carbocycles. The van der Waals surface area contributed by atoms with Gasteiger partial charge in [-0.05, 0) is 62.1 Å². The Morgan fingerprint density at radius 1 is 1.13 bits per heavy atom. The smallest absolute Gasteiger partial charge is 0.263 e. The van der Waals surface area contributed by atoms with Crippen molar-refractivity contribution in [2.45, 2.75) is 26.7 Å². The molecule has 4 rings (SSSR count). The lowest BCUT2D eigenvalue weighted by Gasteiger charge is -2.33. The fourth-order valence-electron chi connectivity index (χ4n) is 3.73. The van der Waals surface area contributed by atoms with E-state index in [9.17, 15) is 4.79 Å². The summed E-state index contributed by atoms with van der Waals surface area (Å²) in [4.78, 5) is 24.0. The van der Waals surface area contributed by atoms with E-state index in [4.69, 9.17) is 4.74 Å². The molecule has 1 N–H and O–H groups in total. The van der Waals surface area contributed by atoms with Crippen LogP contribution < -0.4 is 15.0 Å². The highest BCUT2D eigenvalue weighted by molar-refractivity contribution is 9.10. The van der Waals surface area contributed by atoms with Gasteiger partial charge in [0.05, 0.1) is 5.92 Å². The van der Waals surface area contributed by atoms with E-state index in [2.05, 4.69) is 36.1 Å². The molecule has 1 amide bonds. The van der Waals surface area contributed by atoms with E-state index in [1.54, 1.807) is 12.4 Å². The molecule has 1 fully saturated rings. The van der Waals surface area contributed by atoms with E-state index in [-0.39, 0.29) is 11.8 Å². The molecule has 1 unspecified atom stereocenters. The molecule has 0 saturated carbocycles. The third-order valence-corrected chi connectivity index (χ3v) is 6.35. The van der Waals surface area contributed by atoms with Gasteiger partial charge in [-0.25, -0.2) is 9.97 Å². The molecule has 1 atom stereocenters. The van der Waals surface area contributed by atoms with E-state index < -0.39 is 0 Å². The Bertz CT molecular complexity index is 1090. The van der Waals surface area contributed by atoms with Crippen LogP contribution in [0.3, 0.4) is 0 Å². The monoisotopic (exact) mass is 480 g/mol. The van der Waals surface area contributed by atoms with Crippen LogP contribution in [0.5, 0.6) is 11.6 Å². The van der Waals surface area contributed by atoms with E-state index in [0.717, 1.165) is 46.4 Å². The number of piperidine rings is 1. The van der Waals surface area contributed by atoms with Gasteiger partial charge in [-0.1, -0.05) is 34.1 Å². The van der Waals surface area contributed by atoms with Gasteiger partial charge >= 0.3 is 0 Å². The Morgan fingerprint density at radius 2 is 1.94 bits per heavy atom. The second kappa shape index (κ2) is 9.47. The first-order valence-electron chi connectivity index (χ1n) is 10.4. The first-order chi connectivity index (χ1) is 15.0. The molecule has 6 nitrogen and oxygen atoms in total. The Morgan fingerprint density at radius 3 is 2.74 bits per heavy atom. The molecule has 1 aromatic heterocycles. The Labute approximate surface area is 190 Å². The normalized spacial score (nSPS) is 16.1. The topological polar surface area (TPSA) is 67.4 Å². The summed E-state index contributed by atoms with van der Waals surface area (Å²) in [5.74, 6) is 1.77. The molecular weight excluding hydrogens is 456 g/mol. The van der Waals surface area contributed by atoms with Crippen molar-refractivity contribution in [3.05, 3.63) is 70.5 Å². The fraction of sp³-hybridized carbons (Fsp3) is 0.292. The Balaban J connectivity index is 1.49. The van der Waals surface area contributed by atoms with E-state index in [1.165, 1.54) is 0 Å². The quantitative estimate of drug-likeness (QED) is 0.521. The highest BCUT2D eigenvalue weighted by Crippen LogP contribution is 2.32. The molecule has 0 bridgehead atoms. The summed E-state index contributed by atoms with van der Waals surface area (Å²) in [6, 6.07) is 13.7. The molecule has 0 radical (unpaired) electrons. The number of anilines is 2. The van der Waals surface area contributed by atoms with Crippen molar-refractivity contribution in [2.24, 2.45) is 5.92 Å². The molecule has 1 aliphatic rings. The highest BCUT2D eigenvalue weighted by Gasteiger charge is 2.28. The fourth-order valence-corrected chi connectivity index (χ4v) is 3.98. The van der Waals surface area contributed by atoms with Crippen LogP contribution in [-0.4, -0.2) is 29.0 Å². The summed E-state index contributed by atoms with van der Waals surface area (Å²) in [6.07, 6.45) is 5.03. The van der Waals surface area contributed by atoms with Crippen LogP contribution in [0.1, 0.15) is 24.0 Å². The number of nitrogens with one attached hydrogen (secondary N) is 1. The van der Waals surface area contributed by atoms with Gasteiger partial charge in [0.15, 0.2) is 5.82 Å². The zero-order valence-electron chi connectivity index (χ0n) is 17.6. The maximum Gasteiger partial charge on any atom is 0.263 e. The van der Waals surface area contributed by atoms with Crippen LogP contribution >= 0.6 is 15.9 Å². The van der Waals surface area contributed by atoms with Crippen molar-refractivity contribution in [1.82, 2.24) is 9.97 Å². The third-order valence-electron chi connectivity index (χ3n) is 5.46. The SMILES string of the molecule is Cc1cc(NC(=O)C2CCCN(c3nccnc3Oc3ccccc3C)C2)ccc1Br. The van der Waals surface area contributed by atoms with Gasteiger partial charge < -0.3 is 15.0 Å². The molecule has 7 heteroatoms. The third kappa shape index (κ3) is 5.05. The standard InChI is InChI=1S/C24H25BrN4O2/c1-16-6-3-4-8-21(16)31-24-22(26-11-12-27-24)29-13-5-7-18(15-29)23(30)28-19-9-10-20(25)17(2)14-19/h3-4,6,8-12,14,18H,5,7,13,15H2,1-2H3,(H,28,30). The molecule has 31 heavy (non-hydrogen) atoms. The molecule has 0 spiro atoms. The van der Waals surface area contributed by atoms with Crippen LogP contribution in [0.15, 0.2) is 59.3 Å². The van der Waals surface area contributed by atoms with Crippen LogP contribution in [-0.2, 0) is 4.79 Å². The minimum Gasteiger partial charge on any atom is -0.436 e. The summed E-state index contributed by atoms with van der Waals surface area (Å²) in [6.45, 7) is 5.39. The van der Waals surface area contributed by atoms with Crippen molar-refractivity contribution >= 4 is 33.3 Å². The second-order valence-electron chi connectivity index (χ2n) is 7.79. The average molecular weight is 481 g/mol. The number of carbonyl (C=O) groups is 1. The Kier molecular flexibility index (Phi) is 6.51. The van der Waals surface area contributed by atoms with Crippen LogP contribution in [0, 0.1) is 19.8 Å². The van der Waals surface area contributed by atoms with E-state index in [1.807, 2.05) is 56.3 Å². The molecule has 1 aliphatic heterocycles. The average Bonchev–Trinajstić information content (AvgIpc) is 2.78. The summed E-state index contributed by atoms with van der Waals surface area (Å²) < 4.78 is 7.12. The minimum absolute atomic E-state index is 0.0247. The van der Waals surface area contributed by atoms with Crippen molar-refractivity contribution < 1.29 is 9.53 Å². The van der Waals surface area contributed by atoms with Gasteiger partial charge in [-0.2, -0.15) is 0 Å². The zero-order valence-corrected chi connectivity index (χ0v) is 19.2. The van der Waals surface area contributed by atoms with Gasteiger partial charge in [0, 0.05) is 35.6 Å². The van der Waals surface area contributed by atoms with Crippen LogP contribution in [0.4, 0.5) is 11.5 Å². The lowest BCUT2D eigenvalue weighted by atomic mass is 9.97. The van der Waals surface area contributed by atoms with Crippen molar-refractivity contribution in [3.63, 3.8) is 0 Å². The number of aryl methyl sites for hydroxylation is 2. The van der Waals surface area contributed by atoms with E-state index >= 15 is 0 Å². The maximum absolute atomic E-state index is 12.9. The maximum atomic E-state index is 12.9. The lowest BCUT2D eigenvalue weighted by molar-refractivity contribution is -0.120. The lowest BCUT2D eigenvalue weighted by Crippen LogP contribution is -2.41. The predicted octanol–water partition coefficient (Wildman–Crippen LogP) is 5.50. The number of nitrogens with zero attached hydrogens (tertiary/aromatic N) is 3. The summed E-state index contributed by atoms with van der Waals surface area (Å²) in [5, 5.41) is 3.06. The first kappa shape index (κ1) is 21.3. The van der Waals surface area contributed by atoms with Gasteiger partial charge in [-0.15, -0.1) is 0 Å². The molecule has 3 aromatic rings. The van der Waals surface area contributed by atoms with Crippen LogP contribution in [0.25, 0.3) is 0 Å². The molecule has 1 saturated heterocycles. The number of amides is 1. The van der Waals surface area contributed by atoms with Crippen LogP contribution in [0.2, 0.25) is 0 Å². The number of hydrogen-bond acceptors (Lipinski definition) is 5. The Hall–Kier alpha value is -2.93. The summed E-state index contributed by atoms with van der Waals surface area (Å²) in [5.41, 5.74) is 2.92. The van der Waals surface area contributed by atoms with Crippen molar-refractivity contribution in [2.75, 3.05) is 23.3 Å². The number of benzene rings is 2. The number of hydrogen-bond donors (Lipinski definition) is 1. The van der Waals surface area contributed by atoms with E-state index in [0.29, 0.717) is 18.2 Å². The number of para-hydroxylation sites is 1. The number of rotatable bonds is 5.